The molecule has 0 amide bonds. The number of ketones is 1. The molecule has 2 aromatic carbocycles. The number of ether oxygens (including phenoxy) is 3. The van der Waals surface area contributed by atoms with Gasteiger partial charge in [0.25, 0.3) is 5.88 Å². The zero-order valence-electron chi connectivity index (χ0n) is 22.4. The molecule has 0 aliphatic heterocycles. The number of aryl methyl sites for hydroxylation is 2. The van der Waals surface area contributed by atoms with E-state index < -0.39 is 5.82 Å². The first kappa shape index (κ1) is 26.6. The van der Waals surface area contributed by atoms with Crippen LogP contribution in [0.15, 0.2) is 71.7 Å². The molecule has 0 radical (unpaired) electrons. The third kappa shape index (κ3) is 5.13. The van der Waals surface area contributed by atoms with Crippen LogP contribution in [-0.4, -0.2) is 35.0 Å². The van der Waals surface area contributed by atoms with Crippen LogP contribution in [0.1, 0.15) is 27.3 Å². The number of hydrogen-bond acceptors (Lipinski definition) is 7. The van der Waals surface area contributed by atoms with Gasteiger partial charge in [0.2, 0.25) is 5.43 Å². The predicted octanol–water partition coefficient (Wildman–Crippen LogP) is 5.98. The number of aromatic nitrogens is 3. The van der Waals surface area contributed by atoms with E-state index in [0.29, 0.717) is 62.2 Å². The molecule has 0 unspecified atom stereocenters. The van der Waals surface area contributed by atoms with Gasteiger partial charge in [-0.2, -0.15) is 0 Å². The minimum atomic E-state index is -0.401. The SMILES string of the molecule is COc1cc2nccc(Oc3ccc(CC(=O)c4c(C)[nH]c(C)c(-c5ccc(F)cc5)c4=O)cc3)c2nc1OC. The summed E-state index contributed by atoms with van der Waals surface area (Å²) in [6, 6.07) is 16.1. The molecule has 5 rings (SSSR count). The summed E-state index contributed by atoms with van der Waals surface area (Å²) in [5.74, 6) is 1.06. The van der Waals surface area contributed by atoms with Crippen molar-refractivity contribution in [3.05, 3.63) is 105 Å². The molecule has 8 nitrogen and oxygen atoms in total. The molecule has 3 aromatic heterocycles. The lowest BCUT2D eigenvalue weighted by Crippen LogP contribution is -2.22. The fourth-order valence-corrected chi connectivity index (χ4v) is 4.63. The van der Waals surface area contributed by atoms with E-state index in [1.165, 1.54) is 38.5 Å². The molecule has 0 spiro atoms. The van der Waals surface area contributed by atoms with Crippen molar-refractivity contribution >= 4 is 16.8 Å². The van der Waals surface area contributed by atoms with Crippen LogP contribution in [-0.2, 0) is 6.42 Å². The van der Waals surface area contributed by atoms with Gasteiger partial charge in [0.05, 0.1) is 25.3 Å². The largest absolute Gasteiger partial charge is 0.491 e. The van der Waals surface area contributed by atoms with E-state index in [2.05, 4.69) is 15.0 Å². The van der Waals surface area contributed by atoms with Gasteiger partial charge in [0, 0.05) is 41.7 Å². The lowest BCUT2D eigenvalue weighted by molar-refractivity contribution is 0.0991. The molecule has 0 saturated heterocycles. The molecule has 0 fully saturated rings. The standard InChI is InChI=1S/C31H26FN3O5/c1-17-27(20-7-9-21(32)10-8-20)30(37)28(18(2)34-17)24(36)15-19-5-11-22(12-6-19)40-25-13-14-33-23-16-26(38-3)31(39-4)35-29(23)25/h5-14,16H,15H2,1-4H3,(H,34,37). The lowest BCUT2D eigenvalue weighted by atomic mass is 9.96. The summed E-state index contributed by atoms with van der Waals surface area (Å²) in [5.41, 5.74) is 3.50. The molecular formula is C31H26FN3O5. The van der Waals surface area contributed by atoms with E-state index in [9.17, 15) is 14.0 Å². The van der Waals surface area contributed by atoms with E-state index in [0.717, 1.165) is 0 Å². The van der Waals surface area contributed by atoms with Gasteiger partial charge in [-0.05, 0) is 49.2 Å². The van der Waals surface area contributed by atoms with Gasteiger partial charge < -0.3 is 19.2 Å². The number of halogens is 1. The smallest absolute Gasteiger partial charge is 0.257 e. The van der Waals surface area contributed by atoms with Crippen LogP contribution < -0.4 is 19.6 Å². The van der Waals surface area contributed by atoms with Gasteiger partial charge in [-0.1, -0.05) is 24.3 Å². The van der Waals surface area contributed by atoms with Gasteiger partial charge in [0.1, 0.15) is 17.1 Å². The van der Waals surface area contributed by atoms with Crippen molar-refractivity contribution in [2.75, 3.05) is 14.2 Å². The van der Waals surface area contributed by atoms with Crippen molar-refractivity contribution in [1.29, 1.82) is 0 Å². The molecule has 0 bridgehead atoms. The third-order valence-corrected chi connectivity index (χ3v) is 6.53. The van der Waals surface area contributed by atoms with Crippen molar-refractivity contribution in [3.63, 3.8) is 0 Å². The number of aromatic amines is 1. The molecule has 0 saturated carbocycles. The van der Waals surface area contributed by atoms with E-state index >= 15 is 0 Å². The van der Waals surface area contributed by atoms with Crippen LogP contribution in [0.4, 0.5) is 4.39 Å². The normalized spacial score (nSPS) is 10.9. The molecule has 5 aromatic rings. The van der Waals surface area contributed by atoms with E-state index in [1.807, 2.05) is 0 Å². The van der Waals surface area contributed by atoms with E-state index in [1.54, 1.807) is 56.4 Å². The number of carbonyl (C=O) groups is 1. The highest BCUT2D eigenvalue weighted by molar-refractivity contribution is 5.99. The second-order valence-electron chi connectivity index (χ2n) is 9.18. The van der Waals surface area contributed by atoms with Crippen molar-refractivity contribution < 1.29 is 23.4 Å². The Labute approximate surface area is 229 Å². The van der Waals surface area contributed by atoms with Gasteiger partial charge >= 0.3 is 0 Å². The molecule has 9 heteroatoms. The number of benzene rings is 2. The Hall–Kier alpha value is -5.05. The van der Waals surface area contributed by atoms with Crippen LogP contribution in [0.2, 0.25) is 0 Å². The van der Waals surface area contributed by atoms with Crippen LogP contribution in [0, 0.1) is 19.7 Å². The average molecular weight is 540 g/mol. The number of methoxy groups -OCH3 is 2. The summed E-state index contributed by atoms with van der Waals surface area (Å²) >= 11 is 0. The van der Waals surface area contributed by atoms with E-state index in [-0.39, 0.29) is 23.2 Å². The minimum absolute atomic E-state index is 0.0207. The van der Waals surface area contributed by atoms with Crippen LogP contribution in [0.25, 0.3) is 22.2 Å². The average Bonchev–Trinajstić information content (AvgIpc) is 2.94. The fourth-order valence-electron chi connectivity index (χ4n) is 4.63. The summed E-state index contributed by atoms with van der Waals surface area (Å²) < 4.78 is 30.1. The van der Waals surface area contributed by atoms with Crippen molar-refractivity contribution in [2.24, 2.45) is 0 Å². The maximum Gasteiger partial charge on any atom is 0.257 e. The first-order chi connectivity index (χ1) is 19.3. The predicted molar refractivity (Wildman–Crippen MR) is 149 cm³/mol. The molecular weight excluding hydrogens is 513 g/mol. The quantitative estimate of drug-likeness (QED) is 0.242. The molecule has 0 aliphatic rings. The number of pyridine rings is 3. The highest BCUT2D eigenvalue weighted by Crippen LogP contribution is 2.34. The molecule has 0 atom stereocenters. The van der Waals surface area contributed by atoms with Gasteiger partial charge in [-0.3, -0.25) is 14.6 Å². The first-order valence-corrected chi connectivity index (χ1v) is 12.5. The Morgan fingerprint density at radius 2 is 1.65 bits per heavy atom. The minimum Gasteiger partial charge on any atom is -0.491 e. The number of nitrogens with zero attached hydrogens (tertiary/aromatic N) is 2. The first-order valence-electron chi connectivity index (χ1n) is 12.5. The molecule has 3 heterocycles. The maximum absolute atomic E-state index is 13.4. The number of carbonyl (C=O) groups excluding carboxylic acids is 1. The Morgan fingerprint density at radius 3 is 2.33 bits per heavy atom. The van der Waals surface area contributed by atoms with Crippen molar-refractivity contribution in [3.8, 4) is 34.3 Å². The molecule has 40 heavy (non-hydrogen) atoms. The van der Waals surface area contributed by atoms with Gasteiger partial charge in [0.15, 0.2) is 17.3 Å². The number of nitrogens with one attached hydrogen (secondary N) is 1. The lowest BCUT2D eigenvalue weighted by Gasteiger charge is -2.12. The maximum atomic E-state index is 13.4. The molecule has 202 valence electrons. The van der Waals surface area contributed by atoms with E-state index in [4.69, 9.17) is 14.2 Å². The van der Waals surface area contributed by atoms with Gasteiger partial charge in [-0.15, -0.1) is 0 Å². The highest BCUT2D eigenvalue weighted by atomic mass is 19.1. The second-order valence-corrected chi connectivity index (χ2v) is 9.18. The number of H-pyrrole nitrogens is 1. The summed E-state index contributed by atoms with van der Waals surface area (Å²) in [7, 11) is 3.03. The number of rotatable bonds is 8. The topological polar surface area (TPSA) is 103 Å². The van der Waals surface area contributed by atoms with Crippen LogP contribution in [0.3, 0.4) is 0 Å². The monoisotopic (exact) mass is 539 g/mol. The summed E-state index contributed by atoms with van der Waals surface area (Å²) in [4.78, 5) is 38.6. The number of hydrogen-bond donors (Lipinski definition) is 1. The highest BCUT2D eigenvalue weighted by Gasteiger charge is 2.20. The second kappa shape index (κ2) is 11.0. The Bertz CT molecular complexity index is 1780. The third-order valence-electron chi connectivity index (χ3n) is 6.53. The number of Topliss-reactive ketones (excluding diaryl/α,β-unsaturated/α-hetero) is 1. The summed E-state index contributed by atoms with van der Waals surface area (Å²) in [5, 5.41) is 0. The number of fused-ring (bicyclic) bond motifs is 1. The zero-order valence-corrected chi connectivity index (χ0v) is 22.4. The zero-order chi connectivity index (χ0) is 28.4. The van der Waals surface area contributed by atoms with Crippen molar-refractivity contribution in [1.82, 2.24) is 15.0 Å². The summed E-state index contributed by atoms with van der Waals surface area (Å²) in [6.45, 7) is 3.46. The molecule has 0 aliphatic carbocycles. The summed E-state index contributed by atoms with van der Waals surface area (Å²) in [6.07, 6.45) is 1.63. The Kier molecular flexibility index (Phi) is 7.29. The van der Waals surface area contributed by atoms with Crippen LogP contribution in [0.5, 0.6) is 23.1 Å². The Morgan fingerprint density at radius 1 is 0.925 bits per heavy atom. The Balaban J connectivity index is 1.39. The molecule has 1 N–H and O–H groups in total. The van der Waals surface area contributed by atoms with Gasteiger partial charge in [-0.25, -0.2) is 9.37 Å². The van der Waals surface area contributed by atoms with Crippen molar-refractivity contribution in [2.45, 2.75) is 20.3 Å². The fraction of sp³-hybridized carbons (Fsp3) is 0.161. The van der Waals surface area contributed by atoms with Crippen LogP contribution >= 0.6 is 0 Å².